The Balaban J connectivity index is 1.28. The van der Waals surface area contributed by atoms with E-state index in [4.69, 9.17) is 21.1 Å². The second-order valence-corrected chi connectivity index (χ2v) is 18.6. The predicted molar refractivity (Wildman–Crippen MR) is 206 cm³/mol. The van der Waals surface area contributed by atoms with Gasteiger partial charge < -0.3 is 14.4 Å². The molecule has 3 heterocycles. The molecule has 11 heteroatoms. The number of hydrogen-bond donors (Lipinski definition) is 0. The molecule has 2 aliphatic carbocycles. The minimum absolute atomic E-state index is 0.0427. The number of ketones is 1. The lowest BCUT2D eigenvalue weighted by Crippen LogP contribution is -2.49. The Hall–Kier alpha value is -3.47. The number of rotatable bonds is 6. The first kappa shape index (κ1) is 36.9. The molecule has 3 aromatic rings. The van der Waals surface area contributed by atoms with Gasteiger partial charge in [-0.2, -0.15) is 9.46 Å². The fraction of sp³-hybridized carbons (Fsp3) is 0.537. The molecular weight excluding hydrogens is 696 g/mol. The highest BCUT2D eigenvalue weighted by atomic mass is 35.5. The number of aromatic nitrogens is 2. The molecule has 1 amide bonds. The predicted octanol–water partition coefficient (Wildman–Crippen LogP) is 7.38. The number of allylic oxidation sites excluding steroid dienone is 1. The van der Waals surface area contributed by atoms with E-state index in [1.54, 1.807) is 24.1 Å². The van der Waals surface area contributed by atoms with Gasteiger partial charge in [0.25, 0.3) is 5.91 Å². The Morgan fingerprint density at radius 3 is 2.75 bits per heavy atom. The molecule has 1 spiro atoms. The average Bonchev–Trinajstić information content (AvgIpc) is 3.46. The van der Waals surface area contributed by atoms with Crippen LogP contribution in [0.3, 0.4) is 0 Å². The molecule has 0 radical (unpaired) electrons. The first-order valence-corrected chi connectivity index (χ1v) is 20.9. The summed E-state index contributed by atoms with van der Waals surface area (Å²) in [7, 11) is 0.328. The highest BCUT2D eigenvalue weighted by Gasteiger charge is 2.44. The van der Waals surface area contributed by atoms with Gasteiger partial charge in [-0.1, -0.05) is 36.7 Å². The largest absolute Gasteiger partial charge is 0.490 e. The summed E-state index contributed by atoms with van der Waals surface area (Å²) in [6.45, 7) is 5.94. The van der Waals surface area contributed by atoms with E-state index in [1.807, 2.05) is 45.2 Å². The van der Waals surface area contributed by atoms with E-state index in [-0.39, 0.29) is 35.4 Å². The van der Waals surface area contributed by atoms with Crippen LogP contribution in [0.5, 0.6) is 5.75 Å². The van der Waals surface area contributed by atoms with Crippen molar-refractivity contribution in [2.45, 2.75) is 82.0 Å². The Kier molecular flexibility index (Phi) is 10.7. The van der Waals surface area contributed by atoms with Crippen molar-refractivity contribution in [2.24, 2.45) is 29.2 Å². The van der Waals surface area contributed by atoms with Crippen LogP contribution in [0.25, 0.3) is 0 Å². The van der Waals surface area contributed by atoms with Crippen molar-refractivity contribution >= 4 is 38.7 Å². The molecule has 4 aliphatic rings. The van der Waals surface area contributed by atoms with Crippen LogP contribution in [0.1, 0.15) is 79.6 Å². The lowest BCUT2D eigenvalue weighted by atomic mass is 9.68. The summed E-state index contributed by atoms with van der Waals surface area (Å²) in [5, 5.41) is 4.44. The maximum Gasteiger partial charge on any atom is 0.285 e. The zero-order valence-electron chi connectivity index (χ0n) is 30.8. The number of halogens is 1. The van der Waals surface area contributed by atoms with Gasteiger partial charge >= 0.3 is 0 Å². The number of aryl methyl sites for hydroxylation is 3. The Morgan fingerprint density at radius 1 is 1.15 bits per heavy atom. The molecular formula is C41H51ClN4O5S. The van der Waals surface area contributed by atoms with Crippen molar-refractivity contribution in [3.63, 3.8) is 0 Å². The highest BCUT2D eigenvalue weighted by molar-refractivity contribution is 7.95. The number of fused-ring (bicyclic) bond motifs is 4. The third-order valence-electron chi connectivity index (χ3n) is 12.3. The Bertz CT molecular complexity index is 1980. The van der Waals surface area contributed by atoms with Crippen molar-refractivity contribution in [3.05, 3.63) is 88.2 Å². The number of Topliss-reactive ketones (excluding diaryl/α,β-unsaturated/α-hetero) is 1. The van der Waals surface area contributed by atoms with E-state index < -0.39 is 20.9 Å². The number of carbonyl (C=O) groups excluding carboxylic acids is 2. The van der Waals surface area contributed by atoms with Crippen LogP contribution in [-0.2, 0) is 44.6 Å². The summed E-state index contributed by atoms with van der Waals surface area (Å²) < 4.78 is 33.9. The number of benzene rings is 2. The van der Waals surface area contributed by atoms with E-state index in [1.165, 1.54) is 11.1 Å². The van der Waals surface area contributed by atoms with Crippen molar-refractivity contribution in [2.75, 3.05) is 37.5 Å². The van der Waals surface area contributed by atoms with Gasteiger partial charge in [-0.05, 0) is 117 Å². The number of hydrogen-bond acceptors (Lipinski definition) is 7. The van der Waals surface area contributed by atoms with Gasteiger partial charge in [0.1, 0.15) is 11.5 Å². The van der Waals surface area contributed by atoms with Crippen molar-refractivity contribution in [3.8, 4) is 5.75 Å². The summed E-state index contributed by atoms with van der Waals surface area (Å²) in [4.78, 5) is 30.0. The van der Waals surface area contributed by atoms with E-state index in [9.17, 15) is 13.8 Å². The van der Waals surface area contributed by atoms with Gasteiger partial charge in [0, 0.05) is 66.8 Å². The van der Waals surface area contributed by atoms with Crippen molar-refractivity contribution < 1.29 is 23.3 Å². The quantitative estimate of drug-likeness (QED) is 0.243. The Morgan fingerprint density at radius 2 is 2.00 bits per heavy atom. The molecule has 2 aliphatic heterocycles. The fourth-order valence-electron chi connectivity index (χ4n) is 8.82. The van der Waals surface area contributed by atoms with Crippen LogP contribution in [0, 0.1) is 17.8 Å². The van der Waals surface area contributed by atoms with Gasteiger partial charge in [-0.25, -0.2) is 4.21 Å². The normalized spacial score (nSPS) is 31.0. The molecule has 1 fully saturated rings. The summed E-state index contributed by atoms with van der Waals surface area (Å²) in [6.07, 6.45) is 12.4. The molecule has 0 unspecified atom stereocenters. The van der Waals surface area contributed by atoms with E-state index >= 15 is 0 Å². The van der Waals surface area contributed by atoms with Crippen LogP contribution in [-0.4, -0.2) is 69.6 Å². The van der Waals surface area contributed by atoms with Crippen molar-refractivity contribution in [1.29, 1.82) is 0 Å². The van der Waals surface area contributed by atoms with Crippen LogP contribution in [0.15, 0.2) is 65.2 Å². The van der Waals surface area contributed by atoms with Crippen molar-refractivity contribution in [1.82, 2.24) is 9.78 Å². The fourth-order valence-corrected chi connectivity index (χ4v) is 11.3. The molecule has 1 aromatic heterocycles. The summed E-state index contributed by atoms with van der Waals surface area (Å²) in [6, 6.07) is 13.6. The van der Waals surface area contributed by atoms with Gasteiger partial charge in [0.05, 0.1) is 33.9 Å². The number of amides is 1. The van der Waals surface area contributed by atoms with Crippen LogP contribution < -0.4 is 9.64 Å². The smallest absolute Gasteiger partial charge is 0.285 e. The van der Waals surface area contributed by atoms with Gasteiger partial charge in [0.15, 0.2) is 0 Å². The maximum atomic E-state index is 14.9. The Labute approximate surface area is 313 Å². The summed E-state index contributed by atoms with van der Waals surface area (Å²) in [5.74, 6) is 0.368. The van der Waals surface area contributed by atoms with E-state index in [2.05, 4.69) is 38.6 Å². The summed E-state index contributed by atoms with van der Waals surface area (Å²) >= 11 is 6.47. The number of nitrogens with zero attached hydrogens (tertiary/aromatic N) is 4. The van der Waals surface area contributed by atoms with Gasteiger partial charge in [-0.15, -0.1) is 0 Å². The van der Waals surface area contributed by atoms with Gasteiger partial charge in [-0.3, -0.25) is 14.3 Å². The molecule has 0 saturated heterocycles. The third-order valence-corrected chi connectivity index (χ3v) is 15.4. The molecule has 2 aromatic carbocycles. The zero-order valence-corrected chi connectivity index (χ0v) is 32.3. The highest BCUT2D eigenvalue weighted by Crippen LogP contribution is 2.47. The molecule has 0 N–H and O–H groups in total. The first-order chi connectivity index (χ1) is 25.0. The number of carbonyl (C=O) groups is 2. The number of anilines is 1. The topological polar surface area (TPSA) is 103 Å². The minimum Gasteiger partial charge on any atom is -0.490 e. The molecule has 52 heavy (non-hydrogen) atoms. The van der Waals surface area contributed by atoms with Crippen LogP contribution in [0.2, 0.25) is 5.02 Å². The first-order valence-electron chi connectivity index (χ1n) is 18.8. The van der Waals surface area contributed by atoms with E-state index in [0.717, 1.165) is 67.3 Å². The second-order valence-electron chi connectivity index (χ2n) is 15.6. The molecule has 278 valence electrons. The molecule has 2 bridgehead atoms. The average molecular weight is 747 g/mol. The monoisotopic (exact) mass is 746 g/mol. The number of methoxy groups -OCH3 is 1. The molecule has 1 saturated carbocycles. The third kappa shape index (κ3) is 7.35. The zero-order chi connectivity index (χ0) is 36.6. The summed E-state index contributed by atoms with van der Waals surface area (Å²) in [5.41, 5.74) is 4.43. The molecule has 7 rings (SSSR count). The molecule has 9 nitrogen and oxygen atoms in total. The molecule has 7 atom stereocenters. The standard InChI is InChI=1S/C41H51ClN4O5S/c1-27-7-5-9-38(50-4)35-15-10-31(35)23-46-25-41(19-6-8-29-21-32(42)12-16-36(29)41)26-51-39-17-11-30(22-37(39)46)40(48)44-52(49,28(27)2)24-34(47)14-13-33-18-20-43-45(33)3/h5,9,11-12,16-18,20-22,27-28,31,35,38H,6-8,10,13-15,19,23-26H2,1-4H3/b9-5+/t27-,28+,31-,35+,38-,41-,52+/m0/s1. The SMILES string of the molecule is CO[C@H]1/C=C/C[C@H](C)[C@@H](C)[S@](=O)(CC(=O)CCc2ccnn2C)=NC(=O)c2ccc3c(c2)N(C[C@@H]2CC[C@H]21)C[C@@]1(CCCc2cc(Cl)ccc21)CO3. The maximum absolute atomic E-state index is 14.9. The minimum atomic E-state index is -3.29. The van der Waals surface area contributed by atoms with E-state index in [0.29, 0.717) is 36.8 Å². The lowest BCUT2D eigenvalue weighted by molar-refractivity contribution is -0.116. The lowest BCUT2D eigenvalue weighted by Gasteiger charge is -2.46. The number of ether oxygens (including phenoxy) is 2. The van der Waals surface area contributed by atoms with Gasteiger partial charge in [0.2, 0.25) is 0 Å². The second kappa shape index (κ2) is 15.1. The van der Waals surface area contributed by atoms with Crippen LogP contribution in [0.4, 0.5) is 5.69 Å². The van der Waals surface area contributed by atoms with Crippen LogP contribution >= 0.6 is 11.6 Å².